The van der Waals surface area contributed by atoms with Gasteiger partial charge in [0.05, 0.1) is 0 Å². The van der Waals surface area contributed by atoms with E-state index in [1.807, 2.05) is 26.8 Å². The van der Waals surface area contributed by atoms with Gasteiger partial charge in [-0.3, -0.25) is 9.78 Å². The minimum absolute atomic E-state index is 0.0370. The summed E-state index contributed by atoms with van der Waals surface area (Å²) in [5.41, 5.74) is 2.09. The Balaban J connectivity index is 0.000000307. The molecule has 0 bridgehead atoms. The fourth-order valence-corrected chi connectivity index (χ4v) is 2.00. The van der Waals surface area contributed by atoms with E-state index >= 15 is 0 Å². The van der Waals surface area contributed by atoms with Gasteiger partial charge in [-0.25, -0.2) is 0 Å². The normalized spacial score (nSPS) is 11.5. The number of aldehydes is 1. The Labute approximate surface area is 143 Å². The Morgan fingerprint density at radius 1 is 1.08 bits per heavy atom. The molecule has 1 atom stereocenters. The van der Waals surface area contributed by atoms with Crippen molar-refractivity contribution in [1.29, 1.82) is 0 Å². The molecule has 0 spiro atoms. The summed E-state index contributed by atoms with van der Waals surface area (Å²) >= 11 is 0. The monoisotopic (exact) mass is 331 g/mol. The lowest BCUT2D eigenvalue weighted by Crippen LogP contribution is -2.11. The molecule has 1 unspecified atom stereocenters. The number of hydrogen-bond donors (Lipinski definition) is 1. The predicted molar refractivity (Wildman–Crippen MR) is 92.8 cm³/mol. The van der Waals surface area contributed by atoms with Crippen LogP contribution in [0.25, 0.3) is 0 Å². The molecule has 24 heavy (non-hydrogen) atoms. The number of aliphatic hydroxyl groups is 1. The number of pyridine rings is 1. The zero-order valence-corrected chi connectivity index (χ0v) is 14.4. The van der Waals surface area contributed by atoms with E-state index in [1.165, 1.54) is 0 Å². The third kappa shape index (κ3) is 7.00. The largest absolute Gasteiger partial charge is 0.384 e. The first-order chi connectivity index (χ1) is 11.6. The van der Waals surface area contributed by atoms with Crippen molar-refractivity contribution in [3.63, 3.8) is 0 Å². The molecule has 5 nitrogen and oxygen atoms in total. The van der Waals surface area contributed by atoms with E-state index in [2.05, 4.69) is 4.98 Å². The van der Waals surface area contributed by atoms with Crippen molar-refractivity contribution < 1.29 is 19.4 Å². The second kappa shape index (κ2) is 11.5. The topological polar surface area (TPSA) is 68.7 Å². The van der Waals surface area contributed by atoms with Crippen molar-refractivity contribution in [2.45, 2.75) is 33.2 Å². The van der Waals surface area contributed by atoms with Gasteiger partial charge in [0, 0.05) is 36.7 Å². The van der Waals surface area contributed by atoms with Crippen LogP contribution >= 0.6 is 0 Å². The Hall–Kier alpha value is -2.08. The van der Waals surface area contributed by atoms with Crippen LogP contribution in [-0.2, 0) is 9.47 Å². The maximum Gasteiger partial charge on any atom is 0.154 e. The summed E-state index contributed by atoms with van der Waals surface area (Å²) in [6.45, 7) is 7.25. The van der Waals surface area contributed by atoms with Crippen molar-refractivity contribution in [2.24, 2.45) is 0 Å². The van der Waals surface area contributed by atoms with Gasteiger partial charge >= 0.3 is 0 Å². The number of benzene rings is 1. The third-order valence-corrected chi connectivity index (χ3v) is 3.19. The van der Waals surface area contributed by atoms with E-state index in [0.29, 0.717) is 5.56 Å². The maximum absolute atomic E-state index is 10.5. The first kappa shape index (κ1) is 20.0. The summed E-state index contributed by atoms with van der Waals surface area (Å²) in [5, 5.41) is 10.0. The maximum atomic E-state index is 10.5. The number of carbonyl (C=O) groups excluding carboxylic acids is 1. The molecule has 130 valence electrons. The number of aromatic nitrogens is 1. The number of rotatable bonds is 7. The van der Waals surface area contributed by atoms with Crippen molar-refractivity contribution in [3.05, 3.63) is 65.5 Å². The molecule has 1 aromatic heterocycles. The lowest BCUT2D eigenvalue weighted by Gasteiger charge is -2.10. The van der Waals surface area contributed by atoms with Gasteiger partial charge in [0.1, 0.15) is 12.4 Å². The standard InChI is InChI=1S/C13H11NO2.C6H14O2/c15-9-10-3-5-11(6-4-10)13(16)12-2-1-7-14-8-12;1-4-7-6(3)8-5-2/h1-9,13,16H;6H,4-5H2,1-3H3. The smallest absolute Gasteiger partial charge is 0.154 e. The average Bonchev–Trinajstić information content (AvgIpc) is 2.63. The molecule has 0 saturated carbocycles. The Bertz CT molecular complexity index is 566. The molecule has 0 saturated heterocycles. The fourth-order valence-electron chi connectivity index (χ4n) is 2.00. The molecule has 2 rings (SSSR count). The van der Waals surface area contributed by atoms with Crippen LogP contribution < -0.4 is 0 Å². The molecular formula is C19H25NO4. The molecule has 1 heterocycles. The number of hydrogen-bond acceptors (Lipinski definition) is 5. The van der Waals surface area contributed by atoms with E-state index in [1.54, 1.807) is 42.7 Å². The van der Waals surface area contributed by atoms with Crippen LogP contribution in [0.15, 0.2) is 48.8 Å². The molecule has 0 aliphatic heterocycles. The van der Waals surface area contributed by atoms with Gasteiger partial charge in [-0.1, -0.05) is 30.3 Å². The molecule has 1 aromatic carbocycles. The summed E-state index contributed by atoms with van der Waals surface area (Å²) in [7, 11) is 0. The van der Waals surface area contributed by atoms with Crippen LogP contribution in [0.3, 0.4) is 0 Å². The van der Waals surface area contributed by atoms with E-state index < -0.39 is 6.10 Å². The minimum atomic E-state index is -0.700. The van der Waals surface area contributed by atoms with E-state index in [-0.39, 0.29) is 6.29 Å². The molecule has 0 aliphatic rings. The lowest BCUT2D eigenvalue weighted by molar-refractivity contribution is -0.123. The quantitative estimate of drug-likeness (QED) is 0.622. The van der Waals surface area contributed by atoms with Crippen molar-refractivity contribution >= 4 is 6.29 Å². The van der Waals surface area contributed by atoms with Gasteiger partial charge < -0.3 is 14.6 Å². The predicted octanol–water partition coefficient (Wildman–Crippen LogP) is 3.38. The van der Waals surface area contributed by atoms with Crippen LogP contribution in [-0.4, -0.2) is 35.9 Å². The molecule has 1 N–H and O–H groups in total. The van der Waals surface area contributed by atoms with Crippen LogP contribution in [0.1, 0.15) is 48.4 Å². The third-order valence-electron chi connectivity index (χ3n) is 3.19. The fraction of sp³-hybridized carbons (Fsp3) is 0.368. The number of ether oxygens (including phenoxy) is 2. The first-order valence-electron chi connectivity index (χ1n) is 7.98. The van der Waals surface area contributed by atoms with Gasteiger partial charge in [-0.15, -0.1) is 0 Å². The highest BCUT2D eigenvalue weighted by Crippen LogP contribution is 2.20. The van der Waals surface area contributed by atoms with E-state index in [0.717, 1.165) is 30.6 Å². The minimum Gasteiger partial charge on any atom is -0.384 e. The summed E-state index contributed by atoms with van der Waals surface area (Å²) in [6, 6.07) is 10.4. The Morgan fingerprint density at radius 2 is 1.71 bits per heavy atom. The van der Waals surface area contributed by atoms with Crippen molar-refractivity contribution in [1.82, 2.24) is 4.98 Å². The van der Waals surface area contributed by atoms with Crippen LogP contribution in [0.5, 0.6) is 0 Å². The van der Waals surface area contributed by atoms with Crippen molar-refractivity contribution in [2.75, 3.05) is 13.2 Å². The van der Waals surface area contributed by atoms with Gasteiger partial charge in [0.2, 0.25) is 0 Å². The van der Waals surface area contributed by atoms with E-state index in [4.69, 9.17) is 9.47 Å². The van der Waals surface area contributed by atoms with Crippen molar-refractivity contribution in [3.8, 4) is 0 Å². The molecular weight excluding hydrogens is 306 g/mol. The highest BCUT2D eigenvalue weighted by Gasteiger charge is 2.09. The van der Waals surface area contributed by atoms with Gasteiger partial charge in [-0.2, -0.15) is 0 Å². The second-order valence-electron chi connectivity index (χ2n) is 4.95. The van der Waals surface area contributed by atoms with Gasteiger partial charge in [0.15, 0.2) is 6.29 Å². The number of carbonyl (C=O) groups is 1. The molecule has 0 aliphatic carbocycles. The molecule has 0 fully saturated rings. The molecule has 2 aromatic rings. The summed E-state index contributed by atoms with van der Waals surface area (Å²) in [5.74, 6) is 0. The SMILES string of the molecule is CCOC(C)OCC.O=Cc1ccc(C(O)c2cccnc2)cc1. The van der Waals surface area contributed by atoms with Crippen LogP contribution in [0, 0.1) is 0 Å². The summed E-state index contributed by atoms with van der Waals surface area (Å²) < 4.78 is 10.1. The Morgan fingerprint density at radius 3 is 2.17 bits per heavy atom. The zero-order chi connectivity index (χ0) is 17.8. The highest BCUT2D eigenvalue weighted by molar-refractivity contribution is 5.74. The number of nitrogens with zero attached hydrogens (tertiary/aromatic N) is 1. The van der Waals surface area contributed by atoms with Crippen LogP contribution in [0.2, 0.25) is 0 Å². The molecule has 5 heteroatoms. The summed E-state index contributed by atoms with van der Waals surface area (Å²) in [4.78, 5) is 14.4. The van der Waals surface area contributed by atoms with E-state index in [9.17, 15) is 9.90 Å². The zero-order valence-electron chi connectivity index (χ0n) is 14.4. The van der Waals surface area contributed by atoms with Gasteiger partial charge in [0.25, 0.3) is 0 Å². The van der Waals surface area contributed by atoms with Gasteiger partial charge in [-0.05, 0) is 32.4 Å². The average molecular weight is 331 g/mol. The first-order valence-corrected chi connectivity index (χ1v) is 7.98. The van der Waals surface area contributed by atoms with Crippen LogP contribution in [0.4, 0.5) is 0 Å². The molecule has 0 radical (unpaired) electrons. The second-order valence-corrected chi connectivity index (χ2v) is 4.95. The lowest BCUT2D eigenvalue weighted by atomic mass is 10.0. The molecule has 0 amide bonds. The Kier molecular flexibility index (Phi) is 9.53. The highest BCUT2D eigenvalue weighted by atomic mass is 16.7. The summed E-state index contributed by atoms with van der Waals surface area (Å²) in [6.07, 6.45) is 3.32. The number of aliphatic hydroxyl groups excluding tert-OH is 1.